The van der Waals surface area contributed by atoms with Crippen LogP contribution in [0.3, 0.4) is 0 Å². The second kappa shape index (κ2) is 2.91. The average molecular weight is 189 g/mol. The van der Waals surface area contributed by atoms with Crippen LogP contribution in [0.2, 0.25) is 0 Å². The number of halogens is 2. The van der Waals surface area contributed by atoms with Crippen LogP contribution in [0, 0.1) is 17.3 Å². The minimum atomic E-state index is -2.17. The molecule has 76 valence electrons. The number of likely N-dealkylation sites (tertiary alicyclic amines) is 1. The maximum atomic E-state index is 12.1. The molecule has 2 unspecified atom stereocenters. The van der Waals surface area contributed by atoms with E-state index in [1.54, 1.807) is 0 Å². The first-order valence-corrected chi connectivity index (χ1v) is 5.05. The SMILES string of the molecule is CC(C)C12CC1CN(CC(F)F)C2. The number of hydrogen-bond acceptors (Lipinski definition) is 1. The summed E-state index contributed by atoms with van der Waals surface area (Å²) in [6.45, 7) is 6.21. The third kappa shape index (κ3) is 1.47. The molecule has 2 fully saturated rings. The summed E-state index contributed by atoms with van der Waals surface area (Å²) in [5, 5.41) is 0. The smallest absolute Gasteiger partial charge is 0.251 e. The van der Waals surface area contributed by atoms with Crippen LogP contribution in [-0.2, 0) is 0 Å². The van der Waals surface area contributed by atoms with Gasteiger partial charge >= 0.3 is 0 Å². The highest BCUT2D eigenvalue weighted by Gasteiger charge is 2.61. The molecule has 2 aliphatic rings. The molecule has 13 heavy (non-hydrogen) atoms. The van der Waals surface area contributed by atoms with Crippen LogP contribution in [0.1, 0.15) is 20.3 Å². The molecule has 1 saturated heterocycles. The van der Waals surface area contributed by atoms with Gasteiger partial charge in [-0.1, -0.05) is 13.8 Å². The Hall–Kier alpha value is -0.180. The summed E-state index contributed by atoms with van der Waals surface area (Å²) in [5.41, 5.74) is 0.412. The lowest BCUT2D eigenvalue weighted by atomic mass is 9.92. The maximum Gasteiger partial charge on any atom is 0.251 e. The quantitative estimate of drug-likeness (QED) is 0.658. The Bertz CT molecular complexity index is 205. The second-order valence-electron chi connectivity index (χ2n) is 4.87. The van der Waals surface area contributed by atoms with Crippen molar-refractivity contribution in [3.8, 4) is 0 Å². The molecule has 0 radical (unpaired) electrons. The van der Waals surface area contributed by atoms with E-state index in [1.807, 2.05) is 4.90 Å². The Morgan fingerprint density at radius 2 is 2.15 bits per heavy atom. The Morgan fingerprint density at radius 3 is 2.62 bits per heavy atom. The largest absolute Gasteiger partial charge is 0.297 e. The van der Waals surface area contributed by atoms with Crippen LogP contribution < -0.4 is 0 Å². The lowest BCUT2D eigenvalue weighted by Gasteiger charge is -2.22. The number of hydrogen-bond donors (Lipinski definition) is 0. The average Bonchev–Trinajstić information content (AvgIpc) is 2.54. The van der Waals surface area contributed by atoms with Crippen molar-refractivity contribution in [2.75, 3.05) is 19.6 Å². The van der Waals surface area contributed by atoms with Crippen LogP contribution in [0.5, 0.6) is 0 Å². The molecule has 0 amide bonds. The van der Waals surface area contributed by atoms with E-state index in [-0.39, 0.29) is 6.54 Å². The van der Waals surface area contributed by atoms with Gasteiger partial charge in [-0.05, 0) is 23.7 Å². The summed E-state index contributed by atoms with van der Waals surface area (Å²) in [4.78, 5) is 1.93. The summed E-state index contributed by atoms with van der Waals surface area (Å²) in [6.07, 6.45) is -0.897. The third-order valence-electron chi connectivity index (χ3n) is 3.82. The molecule has 0 N–H and O–H groups in total. The standard InChI is InChI=1S/C10H17F2N/c1-7(2)10-3-8(10)4-13(6-10)5-9(11)12/h7-9H,3-6H2,1-2H3. The zero-order chi connectivity index (χ0) is 9.64. The monoisotopic (exact) mass is 189 g/mol. The summed E-state index contributed by atoms with van der Waals surface area (Å²) < 4.78 is 24.2. The summed E-state index contributed by atoms with van der Waals surface area (Å²) in [6, 6.07) is 0. The fourth-order valence-electron chi connectivity index (χ4n) is 2.86. The minimum Gasteiger partial charge on any atom is -0.297 e. The highest BCUT2D eigenvalue weighted by atomic mass is 19.3. The Labute approximate surface area is 78.1 Å². The van der Waals surface area contributed by atoms with E-state index >= 15 is 0 Å². The predicted octanol–water partition coefficient (Wildman–Crippen LogP) is 2.23. The first-order valence-electron chi connectivity index (χ1n) is 5.05. The van der Waals surface area contributed by atoms with Crippen LogP contribution in [-0.4, -0.2) is 31.0 Å². The first-order chi connectivity index (χ1) is 6.04. The molecule has 0 bridgehead atoms. The van der Waals surface area contributed by atoms with Crippen molar-refractivity contribution < 1.29 is 8.78 Å². The van der Waals surface area contributed by atoms with Crippen LogP contribution >= 0.6 is 0 Å². The highest BCUT2D eigenvalue weighted by molar-refractivity contribution is 5.11. The number of nitrogens with zero attached hydrogens (tertiary/aromatic N) is 1. The maximum absolute atomic E-state index is 12.1. The van der Waals surface area contributed by atoms with Crippen molar-refractivity contribution in [1.82, 2.24) is 4.90 Å². The van der Waals surface area contributed by atoms with E-state index in [2.05, 4.69) is 13.8 Å². The molecular formula is C10H17F2N. The first kappa shape index (κ1) is 9.38. The molecule has 0 aromatic carbocycles. The molecule has 0 aromatic heterocycles. The number of piperidine rings is 1. The van der Waals surface area contributed by atoms with Gasteiger partial charge in [-0.25, -0.2) is 8.78 Å². The van der Waals surface area contributed by atoms with Gasteiger partial charge in [0.15, 0.2) is 0 Å². The van der Waals surface area contributed by atoms with Crippen molar-refractivity contribution in [2.24, 2.45) is 17.3 Å². The highest BCUT2D eigenvalue weighted by Crippen LogP contribution is 2.62. The van der Waals surface area contributed by atoms with E-state index < -0.39 is 6.43 Å². The van der Waals surface area contributed by atoms with Gasteiger partial charge in [0.05, 0.1) is 6.54 Å². The van der Waals surface area contributed by atoms with Gasteiger partial charge in [0.2, 0.25) is 0 Å². The number of alkyl halides is 2. The van der Waals surface area contributed by atoms with E-state index in [0.717, 1.165) is 13.1 Å². The molecule has 2 atom stereocenters. The summed E-state index contributed by atoms with van der Waals surface area (Å²) in [5.74, 6) is 1.37. The Balaban J connectivity index is 1.90. The van der Waals surface area contributed by atoms with Gasteiger partial charge in [-0.15, -0.1) is 0 Å². The third-order valence-corrected chi connectivity index (χ3v) is 3.82. The minimum absolute atomic E-state index is 0.0228. The lowest BCUT2D eigenvalue weighted by Crippen LogP contribution is -2.31. The number of fused-ring (bicyclic) bond motifs is 1. The Morgan fingerprint density at radius 1 is 1.46 bits per heavy atom. The molecule has 0 aromatic rings. The molecule has 1 heterocycles. The Kier molecular flexibility index (Phi) is 2.10. The zero-order valence-corrected chi connectivity index (χ0v) is 8.26. The van der Waals surface area contributed by atoms with E-state index in [4.69, 9.17) is 0 Å². The van der Waals surface area contributed by atoms with Gasteiger partial charge in [0.1, 0.15) is 0 Å². The summed E-state index contributed by atoms with van der Waals surface area (Å²) in [7, 11) is 0. The van der Waals surface area contributed by atoms with Crippen molar-refractivity contribution in [2.45, 2.75) is 26.7 Å². The van der Waals surface area contributed by atoms with Gasteiger partial charge in [-0.2, -0.15) is 0 Å². The topological polar surface area (TPSA) is 3.24 Å². The van der Waals surface area contributed by atoms with Gasteiger partial charge in [-0.3, -0.25) is 4.90 Å². The molecule has 2 rings (SSSR count). The van der Waals surface area contributed by atoms with E-state index in [1.165, 1.54) is 6.42 Å². The number of rotatable bonds is 3. The molecule has 1 nitrogen and oxygen atoms in total. The zero-order valence-electron chi connectivity index (χ0n) is 8.26. The van der Waals surface area contributed by atoms with Crippen LogP contribution in [0.4, 0.5) is 8.78 Å². The molecular weight excluding hydrogens is 172 g/mol. The fraction of sp³-hybridized carbons (Fsp3) is 1.00. The molecule has 0 spiro atoms. The normalized spacial score (nSPS) is 38.8. The van der Waals surface area contributed by atoms with Gasteiger partial charge in [0, 0.05) is 13.1 Å². The second-order valence-corrected chi connectivity index (χ2v) is 4.87. The fourth-order valence-corrected chi connectivity index (χ4v) is 2.86. The lowest BCUT2D eigenvalue weighted by molar-refractivity contribution is 0.0885. The van der Waals surface area contributed by atoms with Gasteiger partial charge in [0.25, 0.3) is 6.43 Å². The van der Waals surface area contributed by atoms with E-state index in [9.17, 15) is 8.78 Å². The predicted molar refractivity (Wildman–Crippen MR) is 47.8 cm³/mol. The van der Waals surface area contributed by atoms with Crippen molar-refractivity contribution >= 4 is 0 Å². The molecule has 3 heteroatoms. The van der Waals surface area contributed by atoms with Crippen molar-refractivity contribution in [1.29, 1.82) is 0 Å². The molecule has 1 aliphatic heterocycles. The summed E-state index contributed by atoms with van der Waals surface area (Å²) >= 11 is 0. The molecule has 1 aliphatic carbocycles. The molecule has 1 saturated carbocycles. The van der Waals surface area contributed by atoms with Crippen molar-refractivity contribution in [3.63, 3.8) is 0 Å². The van der Waals surface area contributed by atoms with E-state index in [0.29, 0.717) is 17.3 Å². The van der Waals surface area contributed by atoms with Crippen molar-refractivity contribution in [3.05, 3.63) is 0 Å². The van der Waals surface area contributed by atoms with Crippen LogP contribution in [0.25, 0.3) is 0 Å². The van der Waals surface area contributed by atoms with Gasteiger partial charge < -0.3 is 0 Å². The van der Waals surface area contributed by atoms with Crippen LogP contribution in [0.15, 0.2) is 0 Å².